The number of hydrogen-bond donors (Lipinski definition) is 0. The van der Waals surface area contributed by atoms with Crippen molar-refractivity contribution in [2.45, 2.75) is 18.0 Å². The number of carbonyl (C=O) groups is 1. The highest BCUT2D eigenvalue weighted by atomic mass is 16.5. The highest BCUT2D eigenvalue weighted by molar-refractivity contribution is 6.01. The van der Waals surface area contributed by atoms with E-state index in [0.29, 0.717) is 11.3 Å². The molecule has 0 aromatic heterocycles. The standard InChI is InChI=1S/C28H21N3O2/c1-33-22-13-11-20(12-14-22)24-25(26(32)21-8-3-2-4-9-21)31-16-15-19-7-5-6-10-23(19)27(31)28(24,17-29)18-30/h2-16,24-25,27H,1H3/t24-,25+,27-/m1/s1. The van der Waals surface area contributed by atoms with Gasteiger partial charge in [0.15, 0.2) is 11.2 Å². The molecule has 5 heteroatoms. The fourth-order valence-electron chi connectivity index (χ4n) is 5.25. The molecule has 3 atom stereocenters. The molecule has 5 nitrogen and oxygen atoms in total. The average molecular weight is 431 g/mol. The van der Waals surface area contributed by atoms with E-state index in [4.69, 9.17) is 4.74 Å². The summed E-state index contributed by atoms with van der Waals surface area (Å²) in [5.74, 6) is -0.102. The Labute approximate surface area is 192 Å². The molecule has 2 aliphatic heterocycles. The van der Waals surface area contributed by atoms with E-state index in [2.05, 4.69) is 12.1 Å². The lowest BCUT2D eigenvalue weighted by Crippen LogP contribution is -2.37. The van der Waals surface area contributed by atoms with Crippen molar-refractivity contribution in [1.29, 1.82) is 10.5 Å². The van der Waals surface area contributed by atoms with Crippen LogP contribution < -0.4 is 4.74 Å². The molecule has 0 unspecified atom stereocenters. The van der Waals surface area contributed by atoms with Crippen LogP contribution in [0.15, 0.2) is 85.1 Å². The quantitative estimate of drug-likeness (QED) is 0.537. The van der Waals surface area contributed by atoms with Gasteiger partial charge in [0.25, 0.3) is 0 Å². The molecule has 3 aromatic carbocycles. The lowest BCUT2D eigenvalue weighted by molar-refractivity contribution is 0.0874. The second kappa shape index (κ2) is 7.97. The number of Topliss-reactive ketones (excluding diaryl/α,β-unsaturated/α-hetero) is 1. The maximum Gasteiger partial charge on any atom is 0.185 e. The predicted molar refractivity (Wildman–Crippen MR) is 124 cm³/mol. The molecule has 1 saturated heterocycles. The Morgan fingerprint density at radius 2 is 1.61 bits per heavy atom. The minimum atomic E-state index is -1.47. The van der Waals surface area contributed by atoms with E-state index in [1.54, 1.807) is 31.4 Å². The fraction of sp³-hybridized carbons (Fsp3) is 0.179. The Balaban J connectivity index is 1.76. The molecule has 0 bridgehead atoms. The van der Waals surface area contributed by atoms with Gasteiger partial charge in [-0.15, -0.1) is 0 Å². The van der Waals surface area contributed by atoms with Crippen molar-refractivity contribution in [3.05, 3.63) is 107 Å². The third-order valence-corrected chi connectivity index (χ3v) is 6.75. The zero-order valence-corrected chi connectivity index (χ0v) is 18.1. The molecule has 160 valence electrons. The summed E-state index contributed by atoms with van der Waals surface area (Å²) in [6.07, 6.45) is 3.82. The summed E-state index contributed by atoms with van der Waals surface area (Å²) >= 11 is 0. The van der Waals surface area contributed by atoms with Crippen LogP contribution >= 0.6 is 0 Å². The molecule has 0 aliphatic carbocycles. The van der Waals surface area contributed by atoms with Crippen LogP contribution in [0.4, 0.5) is 0 Å². The number of hydrogen-bond acceptors (Lipinski definition) is 5. The third-order valence-electron chi connectivity index (χ3n) is 6.75. The molecule has 3 aromatic rings. The van der Waals surface area contributed by atoms with E-state index in [1.807, 2.05) is 71.8 Å². The van der Waals surface area contributed by atoms with Gasteiger partial charge in [-0.25, -0.2) is 0 Å². The van der Waals surface area contributed by atoms with Crippen molar-refractivity contribution in [2.75, 3.05) is 7.11 Å². The largest absolute Gasteiger partial charge is 0.497 e. The van der Waals surface area contributed by atoms with Gasteiger partial charge in [-0.3, -0.25) is 4.79 Å². The first kappa shape index (κ1) is 20.5. The number of ketones is 1. The Bertz CT molecular complexity index is 1300. The van der Waals surface area contributed by atoms with Gasteiger partial charge in [0.1, 0.15) is 11.8 Å². The maximum atomic E-state index is 13.9. The zero-order chi connectivity index (χ0) is 23.0. The molecular formula is C28H21N3O2. The Morgan fingerprint density at radius 1 is 0.939 bits per heavy atom. The first-order chi connectivity index (χ1) is 16.1. The van der Waals surface area contributed by atoms with Crippen molar-refractivity contribution in [1.82, 2.24) is 4.90 Å². The van der Waals surface area contributed by atoms with Gasteiger partial charge in [0.05, 0.1) is 25.3 Å². The summed E-state index contributed by atoms with van der Waals surface area (Å²) in [4.78, 5) is 15.8. The molecule has 33 heavy (non-hydrogen) atoms. The van der Waals surface area contributed by atoms with Gasteiger partial charge in [0.2, 0.25) is 0 Å². The third kappa shape index (κ3) is 3.02. The van der Waals surface area contributed by atoms with Gasteiger partial charge in [-0.1, -0.05) is 66.7 Å². The summed E-state index contributed by atoms with van der Waals surface area (Å²) in [7, 11) is 1.59. The molecule has 5 rings (SSSR count). The van der Waals surface area contributed by atoms with Gasteiger partial charge >= 0.3 is 0 Å². The Hall–Kier alpha value is -4.35. The summed E-state index contributed by atoms with van der Waals surface area (Å²) in [5, 5.41) is 21.0. The number of nitrogens with zero attached hydrogens (tertiary/aromatic N) is 3. The lowest BCUT2D eigenvalue weighted by atomic mass is 9.67. The van der Waals surface area contributed by atoms with Crippen LogP contribution in [0.25, 0.3) is 6.08 Å². The predicted octanol–water partition coefficient (Wildman–Crippen LogP) is 5.11. The van der Waals surface area contributed by atoms with Crippen molar-refractivity contribution >= 4 is 11.9 Å². The number of ether oxygens (including phenoxy) is 1. The topological polar surface area (TPSA) is 77.1 Å². The molecule has 0 amide bonds. The van der Waals surface area contributed by atoms with Crippen LogP contribution in [0.1, 0.15) is 39.0 Å². The van der Waals surface area contributed by atoms with Gasteiger partial charge in [0, 0.05) is 17.7 Å². The van der Waals surface area contributed by atoms with E-state index < -0.39 is 23.4 Å². The van der Waals surface area contributed by atoms with Crippen LogP contribution in [0, 0.1) is 28.1 Å². The summed E-state index contributed by atoms with van der Waals surface area (Å²) < 4.78 is 5.30. The van der Waals surface area contributed by atoms with Crippen LogP contribution in [0.2, 0.25) is 0 Å². The highest BCUT2D eigenvalue weighted by Gasteiger charge is 2.63. The number of carbonyl (C=O) groups excluding carboxylic acids is 1. The smallest absolute Gasteiger partial charge is 0.185 e. The molecule has 0 N–H and O–H groups in total. The second-order valence-corrected chi connectivity index (χ2v) is 8.31. The van der Waals surface area contributed by atoms with Crippen LogP contribution in [-0.4, -0.2) is 23.8 Å². The highest BCUT2D eigenvalue weighted by Crippen LogP contribution is 2.60. The van der Waals surface area contributed by atoms with Crippen LogP contribution in [-0.2, 0) is 0 Å². The van der Waals surface area contributed by atoms with Gasteiger partial charge < -0.3 is 9.64 Å². The van der Waals surface area contributed by atoms with Gasteiger partial charge in [-0.2, -0.15) is 10.5 Å². The van der Waals surface area contributed by atoms with Crippen molar-refractivity contribution < 1.29 is 9.53 Å². The number of benzene rings is 3. The Kier molecular flexibility index (Phi) is 4.96. The minimum Gasteiger partial charge on any atom is -0.497 e. The van der Waals surface area contributed by atoms with E-state index in [9.17, 15) is 15.3 Å². The SMILES string of the molecule is COc1ccc([C@@H]2[C@@H](C(=O)c3ccccc3)N3C=Cc4ccccc4[C@@H]3C2(C#N)C#N)cc1. The van der Waals surface area contributed by atoms with Crippen molar-refractivity contribution in [3.8, 4) is 17.9 Å². The normalized spacial score (nSPS) is 21.9. The summed E-state index contributed by atoms with van der Waals surface area (Å²) in [5.41, 5.74) is 1.68. The first-order valence-electron chi connectivity index (χ1n) is 10.7. The monoisotopic (exact) mass is 431 g/mol. The molecule has 0 radical (unpaired) electrons. The van der Waals surface area contributed by atoms with Crippen LogP contribution in [0.3, 0.4) is 0 Å². The number of rotatable bonds is 4. The molecule has 0 spiro atoms. The molecule has 0 saturated carbocycles. The molecular weight excluding hydrogens is 410 g/mol. The average Bonchev–Trinajstić information content (AvgIpc) is 3.20. The van der Waals surface area contributed by atoms with Crippen LogP contribution in [0.5, 0.6) is 5.75 Å². The lowest BCUT2D eigenvalue weighted by Gasteiger charge is -2.34. The first-order valence-corrected chi connectivity index (χ1v) is 10.7. The number of methoxy groups -OCH3 is 1. The number of nitriles is 2. The summed E-state index contributed by atoms with van der Waals surface area (Å²) in [6.45, 7) is 0. The maximum absolute atomic E-state index is 13.9. The number of fused-ring (bicyclic) bond motifs is 3. The fourth-order valence-corrected chi connectivity index (χ4v) is 5.25. The van der Waals surface area contributed by atoms with Gasteiger partial charge in [-0.05, 0) is 34.9 Å². The van der Waals surface area contributed by atoms with E-state index in [0.717, 1.165) is 16.7 Å². The minimum absolute atomic E-state index is 0.113. The molecule has 2 aliphatic rings. The molecule has 2 heterocycles. The summed E-state index contributed by atoms with van der Waals surface area (Å²) in [6, 6.07) is 27.6. The zero-order valence-electron chi connectivity index (χ0n) is 18.1. The van der Waals surface area contributed by atoms with E-state index in [-0.39, 0.29) is 5.78 Å². The van der Waals surface area contributed by atoms with Crippen molar-refractivity contribution in [3.63, 3.8) is 0 Å². The van der Waals surface area contributed by atoms with Crippen molar-refractivity contribution in [2.24, 2.45) is 5.41 Å². The van der Waals surface area contributed by atoms with E-state index in [1.165, 1.54) is 0 Å². The Morgan fingerprint density at radius 3 is 2.27 bits per heavy atom. The second-order valence-electron chi connectivity index (χ2n) is 8.31. The van der Waals surface area contributed by atoms with E-state index >= 15 is 0 Å². The molecule has 1 fully saturated rings.